The van der Waals surface area contributed by atoms with Crippen molar-refractivity contribution < 1.29 is 9.59 Å². The van der Waals surface area contributed by atoms with Gasteiger partial charge in [0.15, 0.2) is 0 Å². The van der Waals surface area contributed by atoms with Crippen LogP contribution < -0.4 is 16.4 Å². The molecule has 1 aromatic carbocycles. The minimum atomic E-state index is -0.468. The smallest absolute Gasteiger partial charge is 0.279 e. The summed E-state index contributed by atoms with van der Waals surface area (Å²) in [6, 6.07) is 5.01. The van der Waals surface area contributed by atoms with E-state index in [9.17, 15) is 9.59 Å². The summed E-state index contributed by atoms with van der Waals surface area (Å²) in [5.41, 5.74) is 7.88. The first-order valence-corrected chi connectivity index (χ1v) is 7.12. The minimum Gasteiger partial charge on any atom is -0.334 e. The Morgan fingerprint density at radius 2 is 2.40 bits per heavy atom. The van der Waals surface area contributed by atoms with Gasteiger partial charge in [-0.3, -0.25) is 9.59 Å². The average molecular weight is 289 g/mol. The molecule has 1 fully saturated rings. The van der Waals surface area contributed by atoms with Gasteiger partial charge in [-0.25, -0.2) is 0 Å². The maximum absolute atomic E-state index is 11.9. The second-order valence-electron chi connectivity index (χ2n) is 4.32. The first-order valence-electron chi connectivity index (χ1n) is 6.14. The molecule has 2 rings (SSSR count). The number of benzene rings is 1. The molecular formula is C14H15N3O2S. The van der Waals surface area contributed by atoms with Crippen molar-refractivity contribution in [3.63, 3.8) is 0 Å². The van der Waals surface area contributed by atoms with Gasteiger partial charge in [-0.1, -0.05) is 23.6 Å². The number of anilines is 1. The monoisotopic (exact) mass is 289 g/mol. The predicted octanol–water partition coefficient (Wildman–Crippen LogP) is 1.07. The third-order valence-corrected chi connectivity index (χ3v) is 3.69. The van der Waals surface area contributed by atoms with Crippen molar-refractivity contribution in [1.29, 1.82) is 0 Å². The largest absolute Gasteiger partial charge is 0.334 e. The summed E-state index contributed by atoms with van der Waals surface area (Å²) in [7, 11) is 0. The first-order chi connectivity index (χ1) is 9.60. The highest BCUT2D eigenvalue weighted by molar-refractivity contribution is 8.14. The zero-order valence-corrected chi connectivity index (χ0v) is 11.8. The van der Waals surface area contributed by atoms with Gasteiger partial charge < -0.3 is 16.4 Å². The zero-order valence-electron chi connectivity index (χ0n) is 11.0. The number of carbonyl (C=O) groups excluding carboxylic acids is 2. The Kier molecular flexibility index (Phi) is 4.66. The second-order valence-corrected chi connectivity index (χ2v) is 5.31. The van der Waals surface area contributed by atoms with Gasteiger partial charge >= 0.3 is 0 Å². The van der Waals surface area contributed by atoms with E-state index in [4.69, 9.17) is 5.73 Å². The minimum absolute atomic E-state index is 0.159. The molecule has 0 spiro atoms. The Morgan fingerprint density at radius 1 is 1.60 bits per heavy atom. The number of nitrogens with one attached hydrogen (secondary N) is 2. The predicted molar refractivity (Wildman–Crippen MR) is 80.5 cm³/mol. The van der Waals surface area contributed by atoms with E-state index in [1.165, 1.54) is 0 Å². The van der Waals surface area contributed by atoms with Crippen LogP contribution in [0, 0.1) is 18.8 Å². The fourth-order valence-electron chi connectivity index (χ4n) is 1.78. The molecule has 104 valence electrons. The van der Waals surface area contributed by atoms with Crippen molar-refractivity contribution in [3.8, 4) is 11.8 Å². The number of thioether (sulfide) groups is 1. The van der Waals surface area contributed by atoms with Gasteiger partial charge in [0.25, 0.3) is 5.24 Å². The molecule has 6 heteroatoms. The lowest BCUT2D eigenvalue weighted by Crippen LogP contribution is -2.38. The van der Waals surface area contributed by atoms with Crippen LogP contribution in [0.4, 0.5) is 10.5 Å². The van der Waals surface area contributed by atoms with Crippen LogP contribution >= 0.6 is 11.8 Å². The van der Waals surface area contributed by atoms with Crippen LogP contribution in [0.15, 0.2) is 18.2 Å². The van der Waals surface area contributed by atoms with Crippen molar-refractivity contribution >= 4 is 28.6 Å². The third kappa shape index (κ3) is 3.53. The Bertz CT molecular complexity index is 604. The maximum atomic E-state index is 11.9. The van der Waals surface area contributed by atoms with Crippen molar-refractivity contribution in [2.24, 2.45) is 5.73 Å². The number of carbonyl (C=O) groups is 2. The summed E-state index contributed by atoms with van der Waals surface area (Å²) in [5, 5.41) is 5.23. The molecule has 2 amide bonds. The summed E-state index contributed by atoms with van der Waals surface area (Å²) >= 11 is 1.12. The van der Waals surface area contributed by atoms with Crippen molar-refractivity contribution in [1.82, 2.24) is 5.32 Å². The van der Waals surface area contributed by atoms with Crippen LogP contribution in [-0.4, -0.2) is 29.5 Å². The van der Waals surface area contributed by atoms with Crippen LogP contribution in [-0.2, 0) is 4.79 Å². The van der Waals surface area contributed by atoms with Crippen LogP contribution in [0.25, 0.3) is 0 Å². The molecule has 0 saturated carbocycles. The van der Waals surface area contributed by atoms with Crippen LogP contribution in [0.5, 0.6) is 0 Å². The summed E-state index contributed by atoms with van der Waals surface area (Å²) in [4.78, 5) is 23.0. The van der Waals surface area contributed by atoms with Crippen molar-refractivity contribution in [3.05, 3.63) is 29.3 Å². The average Bonchev–Trinajstić information content (AvgIpc) is 2.85. The van der Waals surface area contributed by atoms with Crippen LogP contribution in [0.1, 0.15) is 11.1 Å². The van der Waals surface area contributed by atoms with Gasteiger partial charge in [0.2, 0.25) is 5.91 Å². The molecule has 5 nitrogen and oxygen atoms in total. The van der Waals surface area contributed by atoms with Gasteiger partial charge in [-0.05, 0) is 30.7 Å². The summed E-state index contributed by atoms with van der Waals surface area (Å²) in [5.74, 6) is 6.02. The van der Waals surface area contributed by atoms with E-state index in [1.807, 2.05) is 19.1 Å². The van der Waals surface area contributed by atoms with E-state index < -0.39 is 6.04 Å². The third-order valence-electron chi connectivity index (χ3n) is 2.81. The van der Waals surface area contributed by atoms with E-state index >= 15 is 0 Å². The Labute approximate surface area is 121 Å². The van der Waals surface area contributed by atoms with E-state index in [1.54, 1.807) is 6.07 Å². The van der Waals surface area contributed by atoms with Crippen molar-refractivity contribution in [2.45, 2.75) is 13.0 Å². The number of nitrogens with two attached hydrogens (primary N) is 1. The van der Waals surface area contributed by atoms with E-state index in [2.05, 4.69) is 22.5 Å². The molecule has 1 aliphatic heterocycles. The highest BCUT2D eigenvalue weighted by atomic mass is 32.2. The number of hydrogen-bond acceptors (Lipinski definition) is 4. The quantitative estimate of drug-likeness (QED) is 0.711. The van der Waals surface area contributed by atoms with Gasteiger partial charge in [0.1, 0.15) is 6.04 Å². The van der Waals surface area contributed by atoms with E-state index in [-0.39, 0.29) is 11.1 Å². The van der Waals surface area contributed by atoms with Gasteiger partial charge in [0, 0.05) is 17.0 Å². The Morgan fingerprint density at radius 3 is 3.00 bits per heavy atom. The SMILES string of the molecule is Cc1cc(NC(=O)C2CSC(=O)N2)ccc1C#CCN. The molecule has 1 aromatic rings. The molecule has 1 atom stereocenters. The molecule has 1 aliphatic rings. The number of aryl methyl sites for hydroxylation is 1. The molecule has 1 saturated heterocycles. The Balaban J connectivity index is 2.05. The molecule has 20 heavy (non-hydrogen) atoms. The number of amides is 2. The molecule has 1 heterocycles. The summed E-state index contributed by atoms with van der Waals surface area (Å²) in [6.07, 6.45) is 0. The fraction of sp³-hybridized carbons (Fsp3) is 0.286. The summed E-state index contributed by atoms with van der Waals surface area (Å²) in [6.45, 7) is 2.24. The standard InChI is InChI=1S/C14H15N3O2S/c1-9-7-11(5-4-10(9)3-2-6-15)16-13(18)12-8-20-14(19)17-12/h4-5,7,12H,6,8,15H2,1H3,(H,16,18)(H,17,19). The second kappa shape index (κ2) is 6.46. The highest BCUT2D eigenvalue weighted by Crippen LogP contribution is 2.17. The number of rotatable bonds is 2. The van der Waals surface area contributed by atoms with Crippen LogP contribution in [0.2, 0.25) is 0 Å². The lowest BCUT2D eigenvalue weighted by molar-refractivity contribution is -0.117. The molecule has 4 N–H and O–H groups in total. The number of hydrogen-bond donors (Lipinski definition) is 3. The molecular weight excluding hydrogens is 274 g/mol. The molecule has 0 aliphatic carbocycles. The molecule has 1 unspecified atom stereocenters. The normalized spacial score (nSPS) is 17.1. The van der Waals surface area contributed by atoms with E-state index in [0.717, 1.165) is 22.9 Å². The molecule has 0 radical (unpaired) electrons. The lowest BCUT2D eigenvalue weighted by Gasteiger charge is -2.11. The maximum Gasteiger partial charge on any atom is 0.279 e. The zero-order chi connectivity index (χ0) is 14.5. The van der Waals surface area contributed by atoms with E-state index in [0.29, 0.717) is 18.0 Å². The van der Waals surface area contributed by atoms with Gasteiger partial charge in [-0.2, -0.15) is 0 Å². The van der Waals surface area contributed by atoms with Crippen molar-refractivity contribution in [2.75, 3.05) is 17.6 Å². The Hall–Kier alpha value is -1.97. The molecule has 0 bridgehead atoms. The fourth-order valence-corrected chi connectivity index (χ4v) is 2.56. The molecule has 0 aromatic heterocycles. The first kappa shape index (κ1) is 14.4. The lowest BCUT2D eigenvalue weighted by atomic mass is 10.1. The van der Waals surface area contributed by atoms with Crippen LogP contribution in [0.3, 0.4) is 0 Å². The van der Waals surface area contributed by atoms with Gasteiger partial charge in [0.05, 0.1) is 6.54 Å². The highest BCUT2D eigenvalue weighted by Gasteiger charge is 2.27. The topological polar surface area (TPSA) is 84.2 Å². The van der Waals surface area contributed by atoms with Gasteiger partial charge in [-0.15, -0.1) is 0 Å². The summed E-state index contributed by atoms with van der Waals surface area (Å²) < 4.78 is 0.